The van der Waals surface area contributed by atoms with Crippen molar-refractivity contribution >= 4 is 19.8 Å². The van der Waals surface area contributed by atoms with Crippen LogP contribution in [-0.2, 0) is 32.7 Å². The molecule has 9 nitrogen and oxygen atoms in total. The number of esters is 2. The number of phosphoric acid groups is 1. The first-order valence-electron chi connectivity index (χ1n) is 18.1. The molecule has 0 saturated carbocycles. The van der Waals surface area contributed by atoms with Gasteiger partial charge in [0.05, 0.1) is 13.2 Å². The van der Waals surface area contributed by atoms with Crippen molar-refractivity contribution in [2.24, 2.45) is 5.73 Å². The van der Waals surface area contributed by atoms with Crippen molar-refractivity contribution in [3.8, 4) is 0 Å². The van der Waals surface area contributed by atoms with Crippen LogP contribution in [0.5, 0.6) is 0 Å². The average molecular weight is 684 g/mol. The Morgan fingerprint density at radius 3 is 1.70 bits per heavy atom. The third kappa shape index (κ3) is 33.7. The van der Waals surface area contributed by atoms with Gasteiger partial charge in [-0.2, -0.15) is 0 Å². The van der Waals surface area contributed by atoms with Gasteiger partial charge in [-0.05, 0) is 51.4 Å². The summed E-state index contributed by atoms with van der Waals surface area (Å²) < 4.78 is 32.5. The third-order valence-electron chi connectivity index (χ3n) is 7.22. The zero-order valence-corrected chi connectivity index (χ0v) is 30.4. The summed E-state index contributed by atoms with van der Waals surface area (Å²) in [5.74, 6) is -0.902. The number of ether oxygens (including phenoxy) is 2. The summed E-state index contributed by atoms with van der Waals surface area (Å²) in [6.07, 6.45) is 35.8. The number of carbonyl (C=O) groups excluding carboxylic acids is 2. The number of nitrogens with two attached hydrogens (primary N) is 1. The van der Waals surface area contributed by atoms with Crippen molar-refractivity contribution in [3.05, 3.63) is 48.6 Å². The lowest BCUT2D eigenvalue weighted by molar-refractivity contribution is -0.161. The second-order valence-electron chi connectivity index (χ2n) is 11.7. The normalized spacial score (nSPS) is 14.0. The summed E-state index contributed by atoms with van der Waals surface area (Å²) >= 11 is 0. The van der Waals surface area contributed by atoms with E-state index in [1.165, 1.54) is 64.2 Å². The molecule has 0 saturated heterocycles. The summed E-state index contributed by atoms with van der Waals surface area (Å²) in [4.78, 5) is 34.5. The first-order valence-corrected chi connectivity index (χ1v) is 19.6. The molecule has 0 amide bonds. The van der Waals surface area contributed by atoms with Gasteiger partial charge in [0.25, 0.3) is 0 Å². The molecule has 1 unspecified atom stereocenters. The number of rotatable bonds is 33. The van der Waals surface area contributed by atoms with Crippen LogP contribution in [-0.4, -0.2) is 49.3 Å². The lowest BCUT2D eigenvalue weighted by Gasteiger charge is -2.19. The maximum atomic E-state index is 12.5. The van der Waals surface area contributed by atoms with Crippen molar-refractivity contribution in [1.82, 2.24) is 0 Å². The van der Waals surface area contributed by atoms with Gasteiger partial charge in [0.15, 0.2) is 6.10 Å². The number of hydrogen-bond acceptors (Lipinski definition) is 8. The van der Waals surface area contributed by atoms with Gasteiger partial charge in [-0.15, -0.1) is 0 Å². The second-order valence-corrected chi connectivity index (χ2v) is 13.2. The molecule has 0 heterocycles. The molecule has 3 N–H and O–H groups in total. The zero-order valence-electron chi connectivity index (χ0n) is 29.5. The van der Waals surface area contributed by atoms with Crippen LogP contribution in [0.4, 0.5) is 0 Å². The molecule has 0 aliphatic carbocycles. The van der Waals surface area contributed by atoms with Gasteiger partial charge < -0.3 is 20.1 Å². The topological polar surface area (TPSA) is 134 Å². The molecular formula is C37H66NO8P. The van der Waals surface area contributed by atoms with E-state index in [0.717, 1.165) is 38.5 Å². The van der Waals surface area contributed by atoms with Crippen LogP contribution < -0.4 is 5.73 Å². The molecule has 0 radical (unpaired) electrons. The smallest absolute Gasteiger partial charge is 0.462 e. The summed E-state index contributed by atoms with van der Waals surface area (Å²) in [5, 5.41) is 0. The molecule has 0 aliphatic rings. The number of allylic oxidation sites excluding steroid dienone is 8. The van der Waals surface area contributed by atoms with Gasteiger partial charge in [-0.3, -0.25) is 18.6 Å². The van der Waals surface area contributed by atoms with Gasteiger partial charge in [-0.1, -0.05) is 127 Å². The minimum atomic E-state index is -4.38. The van der Waals surface area contributed by atoms with E-state index in [4.69, 9.17) is 24.3 Å². The van der Waals surface area contributed by atoms with Crippen LogP contribution in [0.3, 0.4) is 0 Å². The van der Waals surface area contributed by atoms with Crippen LogP contribution in [0, 0.1) is 0 Å². The average Bonchev–Trinajstić information content (AvgIpc) is 3.05. The fraction of sp³-hybridized carbons (Fsp3) is 0.730. The minimum absolute atomic E-state index is 0.0439. The summed E-state index contributed by atoms with van der Waals surface area (Å²) in [6.45, 7) is 3.59. The largest absolute Gasteiger partial charge is 0.472 e. The van der Waals surface area contributed by atoms with Gasteiger partial charge >= 0.3 is 19.8 Å². The maximum Gasteiger partial charge on any atom is 0.472 e. The van der Waals surface area contributed by atoms with Crippen molar-refractivity contribution in [1.29, 1.82) is 0 Å². The fourth-order valence-corrected chi connectivity index (χ4v) is 5.27. The highest BCUT2D eigenvalue weighted by molar-refractivity contribution is 7.47. The monoisotopic (exact) mass is 683 g/mol. The Morgan fingerprint density at radius 1 is 0.638 bits per heavy atom. The molecule has 0 aromatic carbocycles. The van der Waals surface area contributed by atoms with Gasteiger partial charge in [0.1, 0.15) is 6.61 Å². The maximum absolute atomic E-state index is 12.5. The van der Waals surface area contributed by atoms with Crippen molar-refractivity contribution in [2.75, 3.05) is 26.4 Å². The van der Waals surface area contributed by atoms with Gasteiger partial charge in [-0.25, -0.2) is 4.57 Å². The highest BCUT2D eigenvalue weighted by atomic mass is 31.2. The molecule has 272 valence electrons. The van der Waals surface area contributed by atoms with E-state index in [1.54, 1.807) is 0 Å². The molecule has 47 heavy (non-hydrogen) atoms. The highest BCUT2D eigenvalue weighted by Gasteiger charge is 2.25. The van der Waals surface area contributed by atoms with E-state index in [2.05, 4.69) is 56.4 Å². The van der Waals surface area contributed by atoms with Crippen LogP contribution in [0.15, 0.2) is 48.6 Å². The quantitative estimate of drug-likeness (QED) is 0.0300. The number of phosphoric ester groups is 1. The molecule has 0 aromatic rings. The van der Waals surface area contributed by atoms with Gasteiger partial charge in [0, 0.05) is 19.4 Å². The minimum Gasteiger partial charge on any atom is -0.462 e. The molecular weight excluding hydrogens is 617 g/mol. The van der Waals surface area contributed by atoms with E-state index in [-0.39, 0.29) is 32.6 Å². The standard InChI is InChI=1S/C37H66NO8P/c1-3-5-7-9-11-13-14-15-16-17-18-19-20-22-24-26-28-30-37(40)46-35(34-45-47(41,42)44-32-31-38)33-43-36(39)29-27-25-23-21-12-10-8-6-4-2/h11,13,15-16,18-19,22,24,35H,3-10,12,14,17,20-21,23,25-34,38H2,1-2H3,(H,41,42)/b13-11-,16-15-,19-18-,24-22-/t35-/m1/s1. The Bertz CT molecular complexity index is 918. The van der Waals surface area contributed by atoms with Crippen LogP contribution in [0.2, 0.25) is 0 Å². The number of unbranched alkanes of at least 4 members (excludes halogenated alkanes) is 12. The Labute approximate surface area is 286 Å². The Hall–Kier alpha value is -2.03. The molecule has 0 aromatic heterocycles. The molecule has 2 atom stereocenters. The lowest BCUT2D eigenvalue weighted by atomic mass is 10.1. The van der Waals surface area contributed by atoms with Crippen molar-refractivity contribution in [2.45, 2.75) is 148 Å². The first kappa shape index (κ1) is 45.0. The van der Waals surface area contributed by atoms with Crippen molar-refractivity contribution < 1.29 is 37.6 Å². The Balaban J connectivity index is 4.36. The van der Waals surface area contributed by atoms with Crippen molar-refractivity contribution in [3.63, 3.8) is 0 Å². The van der Waals surface area contributed by atoms with Gasteiger partial charge in [0.2, 0.25) is 0 Å². The van der Waals surface area contributed by atoms with Crippen LogP contribution in [0.1, 0.15) is 142 Å². The van der Waals surface area contributed by atoms with Crippen LogP contribution >= 0.6 is 7.82 Å². The van der Waals surface area contributed by atoms with E-state index in [0.29, 0.717) is 12.8 Å². The highest BCUT2D eigenvalue weighted by Crippen LogP contribution is 2.43. The van der Waals surface area contributed by atoms with E-state index in [1.807, 2.05) is 6.08 Å². The molecule has 0 spiro atoms. The number of carbonyl (C=O) groups is 2. The summed E-state index contributed by atoms with van der Waals surface area (Å²) in [5.41, 5.74) is 5.31. The van der Waals surface area contributed by atoms with E-state index >= 15 is 0 Å². The molecule has 0 rings (SSSR count). The summed E-state index contributed by atoms with van der Waals surface area (Å²) in [6, 6.07) is 0. The predicted molar refractivity (Wildman–Crippen MR) is 192 cm³/mol. The second kappa shape index (κ2) is 33.9. The molecule has 0 bridgehead atoms. The fourth-order valence-electron chi connectivity index (χ4n) is 4.51. The SMILES string of the molecule is CCCCC/C=C\C/C=C\C/C=C\C/C=C\CCCC(=O)O[C@H](COC(=O)CCCCCCCCCCC)COP(=O)(O)OCCN. The van der Waals surface area contributed by atoms with Crippen LogP contribution in [0.25, 0.3) is 0 Å². The first-order chi connectivity index (χ1) is 22.8. The zero-order chi connectivity index (χ0) is 34.7. The molecule has 0 fully saturated rings. The lowest BCUT2D eigenvalue weighted by Crippen LogP contribution is -2.29. The number of hydrogen-bond donors (Lipinski definition) is 2. The summed E-state index contributed by atoms with van der Waals surface area (Å²) in [7, 11) is -4.38. The van der Waals surface area contributed by atoms with E-state index < -0.39 is 32.5 Å². The van der Waals surface area contributed by atoms with E-state index in [9.17, 15) is 19.0 Å². The molecule has 10 heteroatoms. The third-order valence-corrected chi connectivity index (χ3v) is 8.20. The Morgan fingerprint density at radius 2 is 1.13 bits per heavy atom. The molecule has 0 aliphatic heterocycles. The predicted octanol–water partition coefficient (Wildman–Crippen LogP) is 9.60. The Kier molecular flexibility index (Phi) is 32.4.